The van der Waals surface area contributed by atoms with Gasteiger partial charge in [0, 0.05) is 50.3 Å². The molecule has 0 unspecified atom stereocenters. The molecule has 1 N–H and O–H groups in total. The van der Waals surface area contributed by atoms with Crippen molar-refractivity contribution in [2.24, 2.45) is 0 Å². The Labute approximate surface area is 135 Å². The highest BCUT2D eigenvalue weighted by molar-refractivity contribution is 5.95. The van der Waals surface area contributed by atoms with Crippen molar-refractivity contribution in [3.63, 3.8) is 0 Å². The molecule has 1 amide bonds. The lowest BCUT2D eigenvalue weighted by Gasteiger charge is -2.21. The lowest BCUT2D eigenvalue weighted by atomic mass is 10.2. The van der Waals surface area contributed by atoms with Crippen LogP contribution in [0, 0.1) is 12.3 Å². The van der Waals surface area contributed by atoms with Gasteiger partial charge in [-0.3, -0.25) is 14.7 Å². The Morgan fingerprint density at radius 1 is 1.26 bits per heavy atom. The lowest BCUT2D eigenvalue weighted by Crippen LogP contribution is -2.35. The van der Waals surface area contributed by atoms with E-state index in [9.17, 15) is 4.79 Å². The first-order valence-electron chi connectivity index (χ1n) is 7.69. The molecular weight excluding hydrogens is 290 g/mol. The molecule has 3 heterocycles. The molecule has 3 rings (SSSR count). The van der Waals surface area contributed by atoms with Gasteiger partial charge >= 0.3 is 0 Å². The Morgan fingerprint density at radius 2 is 2.17 bits per heavy atom. The average molecular weight is 309 g/mol. The minimum absolute atomic E-state index is 0.0303. The third-order valence-corrected chi connectivity index (χ3v) is 3.94. The predicted molar refractivity (Wildman–Crippen MR) is 87.6 cm³/mol. The van der Waals surface area contributed by atoms with Crippen molar-refractivity contribution >= 4 is 5.91 Å². The number of imidazole rings is 1. The molecule has 1 saturated heterocycles. The van der Waals surface area contributed by atoms with Crippen molar-refractivity contribution in [2.75, 3.05) is 32.7 Å². The van der Waals surface area contributed by atoms with Gasteiger partial charge in [-0.15, -0.1) is 6.42 Å². The smallest absolute Gasteiger partial charge is 0.254 e. The summed E-state index contributed by atoms with van der Waals surface area (Å²) in [5.41, 5.74) is 1.31. The summed E-state index contributed by atoms with van der Waals surface area (Å²) in [5, 5.41) is 0. The largest absolute Gasteiger partial charge is 0.343 e. The number of hydrogen-bond acceptors (Lipinski definition) is 4. The molecule has 2 aromatic heterocycles. The molecule has 1 aliphatic heterocycles. The zero-order valence-electron chi connectivity index (χ0n) is 12.9. The van der Waals surface area contributed by atoms with E-state index in [1.807, 2.05) is 4.90 Å². The number of terminal acetylenes is 1. The third kappa shape index (κ3) is 3.58. The maximum atomic E-state index is 12.7. The lowest BCUT2D eigenvalue weighted by molar-refractivity contribution is 0.0762. The molecule has 6 nitrogen and oxygen atoms in total. The van der Waals surface area contributed by atoms with Crippen LogP contribution in [0.1, 0.15) is 16.8 Å². The summed E-state index contributed by atoms with van der Waals surface area (Å²) in [6.07, 6.45) is 11.4. The van der Waals surface area contributed by atoms with E-state index >= 15 is 0 Å². The van der Waals surface area contributed by atoms with Crippen LogP contribution >= 0.6 is 0 Å². The topological polar surface area (TPSA) is 65.1 Å². The highest BCUT2D eigenvalue weighted by atomic mass is 16.2. The number of aromatic nitrogens is 3. The van der Waals surface area contributed by atoms with Crippen molar-refractivity contribution in [3.8, 4) is 23.9 Å². The Bertz CT molecular complexity index is 704. The van der Waals surface area contributed by atoms with Gasteiger partial charge in [-0.05, 0) is 18.6 Å². The maximum Gasteiger partial charge on any atom is 0.254 e. The van der Waals surface area contributed by atoms with Crippen LogP contribution in [0.2, 0.25) is 0 Å². The van der Waals surface area contributed by atoms with Crippen LogP contribution in [0.25, 0.3) is 11.5 Å². The number of H-pyrrole nitrogens is 1. The van der Waals surface area contributed by atoms with Gasteiger partial charge in [0.25, 0.3) is 5.91 Å². The number of aromatic amines is 1. The van der Waals surface area contributed by atoms with Gasteiger partial charge in [0.05, 0.1) is 6.54 Å². The first kappa shape index (κ1) is 15.3. The zero-order valence-corrected chi connectivity index (χ0v) is 12.9. The average Bonchev–Trinajstić information content (AvgIpc) is 3.02. The minimum atomic E-state index is 0.0303. The van der Waals surface area contributed by atoms with Gasteiger partial charge < -0.3 is 9.88 Å². The first-order valence-corrected chi connectivity index (χ1v) is 7.69. The molecule has 0 saturated carbocycles. The number of carbonyl (C=O) groups excluding carboxylic acids is 1. The standard InChI is InChI=1S/C17H19N5O/c1-2-8-21-9-3-10-22(12-11-21)17(23)14-4-5-18-15(13-14)16-19-6-7-20-16/h1,4-7,13H,3,8-12H2,(H,19,20). The summed E-state index contributed by atoms with van der Waals surface area (Å²) in [7, 11) is 0. The molecule has 6 heteroatoms. The fraction of sp³-hybridized carbons (Fsp3) is 0.353. The molecule has 0 radical (unpaired) electrons. The van der Waals surface area contributed by atoms with Gasteiger partial charge in [0.15, 0.2) is 5.82 Å². The van der Waals surface area contributed by atoms with Crippen molar-refractivity contribution in [3.05, 3.63) is 36.3 Å². The van der Waals surface area contributed by atoms with Crippen molar-refractivity contribution in [1.29, 1.82) is 0 Å². The summed E-state index contributed by atoms with van der Waals surface area (Å²) in [6, 6.07) is 3.53. The van der Waals surface area contributed by atoms with Gasteiger partial charge in [-0.1, -0.05) is 5.92 Å². The fourth-order valence-electron chi connectivity index (χ4n) is 2.74. The van der Waals surface area contributed by atoms with Crippen LogP contribution in [0.5, 0.6) is 0 Å². The van der Waals surface area contributed by atoms with E-state index in [0.717, 1.165) is 26.1 Å². The van der Waals surface area contributed by atoms with E-state index in [0.29, 0.717) is 30.2 Å². The number of pyridine rings is 1. The second kappa shape index (κ2) is 7.07. The SMILES string of the molecule is C#CCN1CCCN(C(=O)c2ccnc(-c3ncc[nH]3)c2)CC1. The van der Waals surface area contributed by atoms with Gasteiger partial charge in [0.1, 0.15) is 5.69 Å². The molecule has 0 atom stereocenters. The number of nitrogens with one attached hydrogen (secondary N) is 1. The maximum absolute atomic E-state index is 12.7. The van der Waals surface area contributed by atoms with Crippen molar-refractivity contribution in [1.82, 2.24) is 24.8 Å². The van der Waals surface area contributed by atoms with Crippen LogP contribution < -0.4 is 0 Å². The number of hydrogen-bond donors (Lipinski definition) is 1. The molecule has 2 aromatic rings. The second-order valence-corrected chi connectivity index (χ2v) is 5.49. The van der Waals surface area contributed by atoms with E-state index in [1.165, 1.54) is 0 Å². The molecule has 1 fully saturated rings. The molecular formula is C17H19N5O. The molecule has 1 aliphatic rings. The van der Waals surface area contributed by atoms with E-state index in [2.05, 4.69) is 25.8 Å². The quantitative estimate of drug-likeness (QED) is 0.867. The highest BCUT2D eigenvalue weighted by Crippen LogP contribution is 2.15. The van der Waals surface area contributed by atoms with Gasteiger partial charge in [-0.2, -0.15) is 0 Å². The van der Waals surface area contributed by atoms with E-state index in [-0.39, 0.29) is 5.91 Å². The van der Waals surface area contributed by atoms with Gasteiger partial charge in [0.2, 0.25) is 0 Å². The van der Waals surface area contributed by atoms with Crippen LogP contribution in [-0.2, 0) is 0 Å². The van der Waals surface area contributed by atoms with Crippen LogP contribution in [-0.4, -0.2) is 63.4 Å². The predicted octanol–water partition coefficient (Wildman–Crippen LogP) is 1.25. The van der Waals surface area contributed by atoms with Crippen LogP contribution in [0.3, 0.4) is 0 Å². The van der Waals surface area contributed by atoms with Crippen molar-refractivity contribution in [2.45, 2.75) is 6.42 Å². The molecule has 0 aliphatic carbocycles. The number of amides is 1. The van der Waals surface area contributed by atoms with E-state index in [4.69, 9.17) is 6.42 Å². The van der Waals surface area contributed by atoms with E-state index < -0.39 is 0 Å². The molecule has 118 valence electrons. The Balaban J connectivity index is 1.73. The third-order valence-electron chi connectivity index (χ3n) is 3.94. The summed E-state index contributed by atoms with van der Waals surface area (Å²) < 4.78 is 0. The summed E-state index contributed by atoms with van der Waals surface area (Å²) in [4.78, 5) is 28.3. The number of rotatable bonds is 3. The zero-order chi connectivity index (χ0) is 16.1. The molecule has 0 aromatic carbocycles. The molecule has 23 heavy (non-hydrogen) atoms. The van der Waals surface area contributed by atoms with Crippen molar-refractivity contribution < 1.29 is 4.79 Å². The summed E-state index contributed by atoms with van der Waals surface area (Å²) in [5.74, 6) is 3.36. The summed E-state index contributed by atoms with van der Waals surface area (Å²) >= 11 is 0. The van der Waals surface area contributed by atoms with Gasteiger partial charge in [-0.25, -0.2) is 4.98 Å². The molecule has 0 bridgehead atoms. The minimum Gasteiger partial charge on any atom is -0.343 e. The van der Waals surface area contributed by atoms with Crippen LogP contribution in [0.4, 0.5) is 0 Å². The van der Waals surface area contributed by atoms with E-state index in [1.54, 1.807) is 30.7 Å². The number of nitrogens with zero attached hydrogens (tertiary/aromatic N) is 4. The Hall–Kier alpha value is -2.65. The molecule has 0 spiro atoms. The fourth-order valence-corrected chi connectivity index (χ4v) is 2.74. The number of carbonyl (C=O) groups is 1. The van der Waals surface area contributed by atoms with Crippen LogP contribution in [0.15, 0.2) is 30.7 Å². The second-order valence-electron chi connectivity index (χ2n) is 5.49. The Kier molecular flexibility index (Phi) is 4.69. The highest BCUT2D eigenvalue weighted by Gasteiger charge is 2.20. The monoisotopic (exact) mass is 309 g/mol. The Morgan fingerprint density at radius 3 is 2.96 bits per heavy atom. The first-order chi connectivity index (χ1) is 11.3. The normalized spacial score (nSPS) is 15.9. The summed E-state index contributed by atoms with van der Waals surface area (Å²) in [6.45, 7) is 3.82.